The summed E-state index contributed by atoms with van der Waals surface area (Å²) < 4.78 is 5.91. The molecule has 0 heterocycles. The third kappa shape index (κ3) is 2.06. The highest BCUT2D eigenvalue weighted by molar-refractivity contribution is 5.87. The van der Waals surface area contributed by atoms with Crippen LogP contribution in [0.1, 0.15) is 71.6 Å². The lowest BCUT2D eigenvalue weighted by Gasteiger charge is -2.62. The zero-order chi connectivity index (χ0) is 17.1. The van der Waals surface area contributed by atoms with Gasteiger partial charge in [-0.1, -0.05) is 6.92 Å². The van der Waals surface area contributed by atoms with Crippen molar-refractivity contribution in [2.75, 3.05) is 7.11 Å². The van der Waals surface area contributed by atoms with Gasteiger partial charge in [0, 0.05) is 37.2 Å². The van der Waals surface area contributed by atoms with E-state index in [4.69, 9.17) is 4.74 Å². The molecular formula is C21H32O3. The monoisotopic (exact) mass is 332 g/mol. The van der Waals surface area contributed by atoms with Gasteiger partial charge < -0.3 is 4.74 Å². The Morgan fingerprint density at radius 2 is 1.83 bits per heavy atom. The SMILES string of the molecule is COC(C)C12CCC(=O)CC1CCC1C3CCC(=O)C3(C)CCC12. The van der Waals surface area contributed by atoms with Crippen LogP contribution in [0.4, 0.5) is 0 Å². The molecule has 4 aliphatic carbocycles. The third-order valence-corrected chi connectivity index (χ3v) is 8.87. The van der Waals surface area contributed by atoms with Gasteiger partial charge in [0.25, 0.3) is 0 Å². The molecule has 0 radical (unpaired) electrons. The second kappa shape index (κ2) is 5.65. The molecule has 4 saturated carbocycles. The first-order valence-corrected chi connectivity index (χ1v) is 10.0. The number of hydrogen-bond acceptors (Lipinski definition) is 3. The van der Waals surface area contributed by atoms with E-state index < -0.39 is 0 Å². The Kier molecular flexibility index (Phi) is 3.95. The van der Waals surface area contributed by atoms with E-state index >= 15 is 0 Å². The van der Waals surface area contributed by atoms with Crippen LogP contribution in [-0.4, -0.2) is 24.8 Å². The van der Waals surface area contributed by atoms with Gasteiger partial charge in [-0.25, -0.2) is 0 Å². The van der Waals surface area contributed by atoms with E-state index in [1.165, 1.54) is 6.42 Å². The Morgan fingerprint density at radius 3 is 2.58 bits per heavy atom. The first kappa shape index (κ1) is 16.8. The molecule has 0 N–H and O–H groups in total. The van der Waals surface area contributed by atoms with Crippen molar-refractivity contribution in [1.29, 1.82) is 0 Å². The summed E-state index contributed by atoms with van der Waals surface area (Å²) in [6, 6.07) is 0. The Morgan fingerprint density at radius 1 is 1.04 bits per heavy atom. The number of ketones is 2. The Hall–Kier alpha value is -0.700. The average Bonchev–Trinajstić information content (AvgIpc) is 2.89. The topological polar surface area (TPSA) is 43.4 Å². The maximum Gasteiger partial charge on any atom is 0.139 e. The van der Waals surface area contributed by atoms with Gasteiger partial charge >= 0.3 is 0 Å². The van der Waals surface area contributed by atoms with Crippen molar-refractivity contribution < 1.29 is 14.3 Å². The van der Waals surface area contributed by atoms with Crippen LogP contribution >= 0.6 is 0 Å². The van der Waals surface area contributed by atoms with Crippen LogP contribution in [0.5, 0.6) is 0 Å². The highest BCUT2D eigenvalue weighted by Gasteiger charge is 2.63. The molecule has 0 spiro atoms. The van der Waals surface area contributed by atoms with Crippen LogP contribution in [0.3, 0.4) is 0 Å². The van der Waals surface area contributed by atoms with Gasteiger partial charge in [-0.15, -0.1) is 0 Å². The largest absolute Gasteiger partial charge is 0.381 e. The molecule has 3 heteroatoms. The molecule has 7 unspecified atom stereocenters. The van der Waals surface area contributed by atoms with E-state index in [2.05, 4.69) is 13.8 Å². The normalized spacial score (nSPS) is 49.3. The zero-order valence-electron chi connectivity index (χ0n) is 15.5. The van der Waals surface area contributed by atoms with Gasteiger partial charge in [-0.3, -0.25) is 9.59 Å². The Bertz CT molecular complexity index is 555. The lowest BCUT2D eigenvalue weighted by atomic mass is 9.43. The quantitative estimate of drug-likeness (QED) is 0.762. The molecule has 0 aromatic heterocycles. The summed E-state index contributed by atoms with van der Waals surface area (Å²) in [7, 11) is 1.84. The number of fused-ring (bicyclic) bond motifs is 5. The molecule has 0 aromatic carbocycles. The summed E-state index contributed by atoms with van der Waals surface area (Å²) in [5.41, 5.74) is 0.106. The highest BCUT2D eigenvalue weighted by Crippen LogP contribution is 2.66. The standard InChI is InChI=1S/C21H32O3/c1-13(24-3)21-11-8-15(22)12-14(21)4-5-16-17-6-7-19(23)20(17,2)10-9-18(16)21/h13-14,16-18H,4-12H2,1-3H3. The van der Waals surface area contributed by atoms with E-state index in [1.54, 1.807) is 0 Å². The van der Waals surface area contributed by atoms with Crippen molar-refractivity contribution in [3.63, 3.8) is 0 Å². The van der Waals surface area contributed by atoms with Crippen molar-refractivity contribution in [3.8, 4) is 0 Å². The van der Waals surface area contributed by atoms with Crippen molar-refractivity contribution in [1.82, 2.24) is 0 Å². The maximum absolute atomic E-state index is 12.5. The van der Waals surface area contributed by atoms with Crippen LogP contribution in [0, 0.1) is 34.5 Å². The van der Waals surface area contributed by atoms with Crippen LogP contribution < -0.4 is 0 Å². The number of Topliss-reactive ketones (excluding diaryl/α,β-unsaturated/α-hetero) is 2. The van der Waals surface area contributed by atoms with Crippen molar-refractivity contribution in [2.45, 2.75) is 77.7 Å². The zero-order valence-corrected chi connectivity index (χ0v) is 15.5. The van der Waals surface area contributed by atoms with E-state index in [1.807, 2.05) is 7.11 Å². The summed E-state index contributed by atoms with van der Waals surface area (Å²) in [4.78, 5) is 24.7. The van der Waals surface area contributed by atoms with Gasteiger partial charge in [0.15, 0.2) is 0 Å². The van der Waals surface area contributed by atoms with Crippen LogP contribution in [0.25, 0.3) is 0 Å². The first-order chi connectivity index (χ1) is 11.4. The van der Waals surface area contributed by atoms with Crippen molar-refractivity contribution in [3.05, 3.63) is 0 Å². The highest BCUT2D eigenvalue weighted by atomic mass is 16.5. The fourth-order valence-electron chi connectivity index (χ4n) is 7.56. The van der Waals surface area contributed by atoms with Gasteiger partial charge in [0.05, 0.1) is 6.10 Å². The lowest BCUT2D eigenvalue weighted by Crippen LogP contribution is -2.59. The minimum absolute atomic E-state index is 0.0595. The summed E-state index contributed by atoms with van der Waals surface area (Å²) in [5.74, 6) is 3.34. The first-order valence-electron chi connectivity index (χ1n) is 10.0. The number of rotatable bonds is 2. The molecule has 24 heavy (non-hydrogen) atoms. The number of ether oxygens (including phenoxy) is 1. The van der Waals surface area contributed by atoms with Gasteiger partial charge in [-0.05, 0) is 69.1 Å². The number of hydrogen-bond donors (Lipinski definition) is 0. The van der Waals surface area contributed by atoms with Gasteiger partial charge in [0.2, 0.25) is 0 Å². The smallest absolute Gasteiger partial charge is 0.139 e. The summed E-state index contributed by atoms with van der Waals surface area (Å²) in [6.45, 7) is 4.48. The Labute approximate surface area is 145 Å². The molecule has 0 aromatic rings. The second-order valence-corrected chi connectivity index (χ2v) is 9.30. The summed E-state index contributed by atoms with van der Waals surface area (Å²) in [5, 5.41) is 0. The van der Waals surface area contributed by atoms with Crippen molar-refractivity contribution in [2.24, 2.45) is 34.5 Å². The molecule has 0 amide bonds. The second-order valence-electron chi connectivity index (χ2n) is 9.30. The molecule has 4 rings (SSSR count). The van der Waals surface area contributed by atoms with Crippen molar-refractivity contribution >= 4 is 11.6 Å². The average molecular weight is 332 g/mol. The lowest BCUT2D eigenvalue weighted by molar-refractivity contribution is -0.176. The molecule has 3 nitrogen and oxygen atoms in total. The molecule has 0 bridgehead atoms. The predicted molar refractivity (Wildman–Crippen MR) is 92.5 cm³/mol. The van der Waals surface area contributed by atoms with Crippen LogP contribution in [0.15, 0.2) is 0 Å². The molecule has 4 aliphatic rings. The van der Waals surface area contributed by atoms with Gasteiger partial charge in [0.1, 0.15) is 11.6 Å². The molecule has 7 atom stereocenters. The molecule has 4 fully saturated rings. The maximum atomic E-state index is 12.5. The fraction of sp³-hybridized carbons (Fsp3) is 0.905. The molecule has 0 saturated heterocycles. The third-order valence-electron chi connectivity index (χ3n) is 8.87. The van der Waals surface area contributed by atoms with E-state index in [9.17, 15) is 9.59 Å². The van der Waals surface area contributed by atoms with Crippen LogP contribution in [0.2, 0.25) is 0 Å². The molecule has 0 aliphatic heterocycles. The molecular weight excluding hydrogens is 300 g/mol. The predicted octanol–water partition coefficient (Wildman–Crippen LogP) is 4.18. The van der Waals surface area contributed by atoms with E-state index in [-0.39, 0.29) is 16.9 Å². The fourth-order valence-corrected chi connectivity index (χ4v) is 7.56. The van der Waals surface area contributed by atoms with E-state index in [0.717, 1.165) is 51.4 Å². The number of methoxy groups -OCH3 is 1. The minimum atomic E-state index is -0.0595. The minimum Gasteiger partial charge on any atom is -0.381 e. The summed E-state index contributed by atoms with van der Waals surface area (Å²) >= 11 is 0. The summed E-state index contributed by atoms with van der Waals surface area (Å²) in [6.07, 6.45) is 9.17. The van der Waals surface area contributed by atoms with Gasteiger partial charge in [-0.2, -0.15) is 0 Å². The Balaban J connectivity index is 1.72. The molecule has 134 valence electrons. The number of carbonyl (C=O) groups excluding carboxylic acids is 2. The van der Waals surface area contributed by atoms with Crippen LogP contribution in [-0.2, 0) is 14.3 Å². The number of carbonyl (C=O) groups is 2. The van der Waals surface area contributed by atoms with E-state index in [0.29, 0.717) is 35.2 Å².